The van der Waals surface area contributed by atoms with E-state index in [0.29, 0.717) is 6.42 Å². The van der Waals surface area contributed by atoms with Gasteiger partial charge in [-0.15, -0.1) is 0 Å². The predicted molar refractivity (Wildman–Crippen MR) is 71.5 cm³/mol. The zero-order chi connectivity index (χ0) is 11.6. The van der Waals surface area contributed by atoms with Gasteiger partial charge >= 0.3 is 0 Å². The average Bonchev–Trinajstić information content (AvgIpc) is 2.32. The Morgan fingerprint density at radius 1 is 1.31 bits per heavy atom. The molecule has 16 heavy (non-hydrogen) atoms. The average molecular weight is 234 g/mol. The first-order valence-electron chi connectivity index (χ1n) is 5.64. The minimum atomic E-state index is 0.139. The summed E-state index contributed by atoms with van der Waals surface area (Å²) in [6.45, 7) is 2.33. The lowest BCUT2D eigenvalue weighted by Gasteiger charge is -2.03. The van der Waals surface area contributed by atoms with E-state index in [1.807, 2.05) is 23.9 Å². The van der Waals surface area contributed by atoms with Crippen molar-refractivity contribution >= 4 is 11.8 Å². The fourth-order valence-corrected chi connectivity index (χ4v) is 2.21. The first kappa shape index (κ1) is 13.2. The van der Waals surface area contributed by atoms with Crippen molar-refractivity contribution in [3.05, 3.63) is 35.4 Å². The molecule has 0 radical (unpaired) electrons. The molecule has 0 amide bonds. The van der Waals surface area contributed by atoms with E-state index < -0.39 is 0 Å². The lowest BCUT2D eigenvalue weighted by molar-refractivity contribution is 0.305. The normalized spacial score (nSPS) is 9.62. The van der Waals surface area contributed by atoms with Crippen molar-refractivity contribution in [3.8, 4) is 11.8 Å². The van der Waals surface area contributed by atoms with Gasteiger partial charge in [0.2, 0.25) is 0 Å². The summed E-state index contributed by atoms with van der Waals surface area (Å²) in [6.07, 6.45) is 1.76. The molecular formula is C14H18OS. The number of hydrogen-bond acceptors (Lipinski definition) is 2. The molecule has 1 N–H and O–H groups in total. The van der Waals surface area contributed by atoms with E-state index in [2.05, 4.69) is 30.9 Å². The van der Waals surface area contributed by atoms with Gasteiger partial charge in [-0.2, -0.15) is 11.8 Å². The SMILES string of the molecule is CCCSCc1ccccc1C#CCCO. The van der Waals surface area contributed by atoms with E-state index in [0.717, 1.165) is 11.3 Å². The Labute approximate surface area is 102 Å². The quantitative estimate of drug-likeness (QED) is 0.624. The third-order valence-corrected chi connectivity index (χ3v) is 3.30. The molecule has 0 aliphatic rings. The van der Waals surface area contributed by atoms with Gasteiger partial charge in [0.15, 0.2) is 0 Å². The van der Waals surface area contributed by atoms with Crippen LogP contribution >= 0.6 is 11.8 Å². The molecule has 0 unspecified atom stereocenters. The molecule has 0 atom stereocenters. The van der Waals surface area contributed by atoms with Crippen molar-refractivity contribution < 1.29 is 5.11 Å². The van der Waals surface area contributed by atoms with Crippen molar-refractivity contribution in [3.63, 3.8) is 0 Å². The van der Waals surface area contributed by atoms with E-state index in [4.69, 9.17) is 5.11 Å². The summed E-state index contributed by atoms with van der Waals surface area (Å²) in [6, 6.07) is 8.24. The van der Waals surface area contributed by atoms with Crippen LogP contribution in [0, 0.1) is 11.8 Å². The molecule has 0 bridgehead atoms. The van der Waals surface area contributed by atoms with E-state index in [-0.39, 0.29) is 6.61 Å². The number of rotatable bonds is 5. The van der Waals surface area contributed by atoms with E-state index in [9.17, 15) is 0 Å². The highest BCUT2D eigenvalue weighted by atomic mass is 32.2. The van der Waals surface area contributed by atoms with Gasteiger partial charge in [-0.1, -0.05) is 37.0 Å². The fourth-order valence-electron chi connectivity index (χ4n) is 1.31. The van der Waals surface area contributed by atoms with E-state index in [1.54, 1.807) is 0 Å². The molecule has 0 aliphatic carbocycles. The van der Waals surface area contributed by atoms with Crippen LogP contribution < -0.4 is 0 Å². The van der Waals surface area contributed by atoms with Crippen LogP contribution in [0.4, 0.5) is 0 Å². The second kappa shape index (κ2) is 8.27. The molecule has 1 aromatic rings. The van der Waals surface area contributed by atoms with Crippen LogP contribution in [-0.2, 0) is 5.75 Å². The van der Waals surface area contributed by atoms with Gasteiger partial charge < -0.3 is 5.11 Å². The van der Waals surface area contributed by atoms with Crippen molar-refractivity contribution in [1.82, 2.24) is 0 Å². The molecular weight excluding hydrogens is 216 g/mol. The number of aliphatic hydroxyl groups is 1. The van der Waals surface area contributed by atoms with Gasteiger partial charge in [0.1, 0.15) is 0 Å². The van der Waals surface area contributed by atoms with Gasteiger partial charge in [-0.3, -0.25) is 0 Å². The second-order valence-corrected chi connectivity index (χ2v) is 4.59. The summed E-state index contributed by atoms with van der Waals surface area (Å²) in [4.78, 5) is 0. The molecule has 0 fully saturated rings. The first-order chi connectivity index (χ1) is 7.88. The number of hydrogen-bond donors (Lipinski definition) is 1. The Hall–Kier alpha value is -0.910. The Morgan fingerprint density at radius 3 is 2.88 bits per heavy atom. The van der Waals surface area contributed by atoms with Gasteiger partial charge in [0.25, 0.3) is 0 Å². The maximum atomic E-state index is 8.68. The molecule has 0 aromatic heterocycles. The predicted octanol–water partition coefficient (Wildman–Crippen LogP) is 3.06. The summed E-state index contributed by atoms with van der Waals surface area (Å²) in [7, 11) is 0. The second-order valence-electron chi connectivity index (χ2n) is 3.49. The Bertz CT molecular complexity index is 362. The zero-order valence-corrected chi connectivity index (χ0v) is 10.5. The summed E-state index contributed by atoms with van der Waals surface area (Å²) in [5.41, 5.74) is 2.39. The minimum Gasteiger partial charge on any atom is -0.395 e. The summed E-state index contributed by atoms with van der Waals surface area (Å²) in [5.74, 6) is 8.31. The summed E-state index contributed by atoms with van der Waals surface area (Å²) >= 11 is 1.94. The third-order valence-electron chi connectivity index (χ3n) is 2.08. The van der Waals surface area contributed by atoms with Crippen molar-refractivity contribution in [2.24, 2.45) is 0 Å². The highest BCUT2D eigenvalue weighted by Crippen LogP contribution is 2.16. The van der Waals surface area contributed by atoms with Crippen LogP contribution in [-0.4, -0.2) is 17.5 Å². The molecule has 0 saturated heterocycles. The molecule has 86 valence electrons. The molecule has 0 spiro atoms. The van der Waals surface area contributed by atoms with Gasteiger partial charge in [-0.05, 0) is 23.8 Å². The van der Waals surface area contributed by atoms with Crippen LogP contribution in [0.2, 0.25) is 0 Å². The molecule has 0 aliphatic heterocycles. The van der Waals surface area contributed by atoms with Crippen LogP contribution in [0.1, 0.15) is 30.9 Å². The molecule has 2 heteroatoms. The number of thioether (sulfide) groups is 1. The molecule has 1 aromatic carbocycles. The van der Waals surface area contributed by atoms with E-state index >= 15 is 0 Å². The summed E-state index contributed by atoms with van der Waals surface area (Å²) < 4.78 is 0. The lowest BCUT2D eigenvalue weighted by Crippen LogP contribution is -1.88. The minimum absolute atomic E-state index is 0.139. The standard InChI is InChI=1S/C14H18OS/c1-2-11-16-12-14-9-4-3-7-13(14)8-5-6-10-15/h3-4,7,9,15H,2,6,10-12H2,1H3. The molecule has 1 rings (SSSR count). The molecule has 0 saturated carbocycles. The van der Waals surface area contributed by atoms with Crippen LogP contribution in [0.5, 0.6) is 0 Å². The van der Waals surface area contributed by atoms with Crippen molar-refractivity contribution in [2.45, 2.75) is 25.5 Å². The highest BCUT2D eigenvalue weighted by molar-refractivity contribution is 7.98. The van der Waals surface area contributed by atoms with Crippen LogP contribution in [0.15, 0.2) is 24.3 Å². The Balaban J connectivity index is 2.65. The van der Waals surface area contributed by atoms with Gasteiger partial charge in [0.05, 0.1) is 6.61 Å². The first-order valence-corrected chi connectivity index (χ1v) is 6.79. The van der Waals surface area contributed by atoms with E-state index in [1.165, 1.54) is 17.7 Å². The number of aliphatic hydroxyl groups excluding tert-OH is 1. The maximum Gasteiger partial charge on any atom is 0.0540 e. The fraction of sp³-hybridized carbons (Fsp3) is 0.429. The monoisotopic (exact) mass is 234 g/mol. The Kier molecular flexibility index (Phi) is 6.80. The smallest absolute Gasteiger partial charge is 0.0540 e. The van der Waals surface area contributed by atoms with Gasteiger partial charge in [0, 0.05) is 17.7 Å². The lowest BCUT2D eigenvalue weighted by atomic mass is 10.1. The largest absolute Gasteiger partial charge is 0.395 e. The number of benzene rings is 1. The third kappa shape index (κ3) is 4.74. The van der Waals surface area contributed by atoms with Crippen LogP contribution in [0.25, 0.3) is 0 Å². The molecule has 0 heterocycles. The van der Waals surface area contributed by atoms with Crippen LogP contribution in [0.3, 0.4) is 0 Å². The van der Waals surface area contributed by atoms with Gasteiger partial charge in [-0.25, -0.2) is 0 Å². The maximum absolute atomic E-state index is 8.68. The zero-order valence-electron chi connectivity index (χ0n) is 9.70. The molecule has 1 nitrogen and oxygen atoms in total. The summed E-state index contributed by atoms with van der Waals surface area (Å²) in [5, 5.41) is 8.68. The van der Waals surface area contributed by atoms with Crippen molar-refractivity contribution in [2.75, 3.05) is 12.4 Å². The highest BCUT2D eigenvalue weighted by Gasteiger charge is 1.98. The topological polar surface area (TPSA) is 20.2 Å². The Morgan fingerprint density at radius 2 is 2.12 bits per heavy atom. The van der Waals surface area contributed by atoms with Crippen molar-refractivity contribution in [1.29, 1.82) is 0 Å².